The third-order valence-corrected chi connectivity index (χ3v) is 3.68. The average Bonchev–Trinajstić information content (AvgIpc) is 3.01. The van der Waals surface area contributed by atoms with E-state index in [4.69, 9.17) is 10.9 Å². The summed E-state index contributed by atoms with van der Waals surface area (Å²) in [7, 11) is 0. The number of thiophene rings is 1. The summed E-state index contributed by atoms with van der Waals surface area (Å²) < 4.78 is 0. The van der Waals surface area contributed by atoms with Crippen molar-refractivity contribution in [2.24, 2.45) is 10.9 Å². The molecule has 0 fully saturated rings. The van der Waals surface area contributed by atoms with Crippen LogP contribution in [-0.4, -0.2) is 22.7 Å². The van der Waals surface area contributed by atoms with Gasteiger partial charge < -0.3 is 21.4 Å². The zero-order chi connectivity index (χ0) is 14.4. The molecule has 1 aromatic carbocycles. The Kier molecular flexibility index (Phi) is 5.11. The number of aliphatic hydroxyl groups excluding tert-OH is 1. The summed E-state index contributed by atoms with van der Waals surface area (Å²) in [6, 6.07) is 9.32. The first kappa shape index (κ1) is 14.5. The summed E-state index contributed by atoms with van der Waals surface area (Å²) in [6.07, 6.45) is -0.530. The minimum absolute atomic E-state index is 0.0841. The molecule has 106 valence electrons. The molecular weight excluding hydrogens is 274 g/mol. The molecule has 1 heterocycles. The number of aliphatic hydroxyl groups is 1. The van der Waals surface area contributed by atoms with Crippen LogP contribution in [0.3, 0.4) is 0 Å². The number of oxime groups is 1. The maximum Gasteiger partial charge on any atom is 0.170 e. The van der Waals surface area contributed by atoms with Crippen LogP contribution in [0.5, 0.6) is 0 Å². The second-order valence-corrected chi connectivity index (χ2v) is 5.13. The second-order valence-electron chi connectivity index (χ2n) is 4.35. The number of benzene rings is 1. The Morgan fingerprint density at radius 2 is 2.15 bits per heavy atom. The van der Waals surface area contributed by atoms with Crippen LogP contribution in [0.2, 0.25) is 0 Å². The third kappa shape index (κ3) is 3.57. The van der Waals surface area contributed by atoms with Gasteiger partial charge in [0.2, 0.25) is 0 Å². The molecule has 0 saturated heterocycles. The minimum atomic E-state index is -0.530. The molecule has 0 bridgehead atoms. The van der Waals surface area contributed by atoms with Gasteiger partial charge in [0, 0.05) is 18.7 Å². The van der Waals surface area contributed by atoms with Crippen molar-refractivity contribution in [2.75, 3.05) is 6.54 Å². The van der Waals surface area contributed by atoms with E-state index in [1.54, 1.807) is 17.4 Å². The fourth-order valence-electron chi connectivity index (χ4n) is 1.90. The Morgan fingerprint density at radius 1 is 1.35 bits per heavy atom. The monoisotopic (exact) mass is 291 g/mol. The summed E-state index contributed by atoms with van der Waals surface area (Å²) >= 11 is 1.56. The standard InChI is InChI=1S/C14H17N3O2S/c15-14(17-19)12-4-2-1-3-10(12)7-16-8-13(18)11-5-6-20-9-11/h1-6,9,13,16,18-19H,7-8H2,(H2,15,17). The molecule has 2 aromatic rings. The molecule has 5 N–H and O–H groups in total. The van der Waals surface area contributed by atoms with Crippen molar-refractivity contribution in [1.29, 1.82) is 0 Å². The van der Waals surface area contributed by atoms with Crippen LogP contribution in [0.4, 0.5) is 0 Å². The Morgan fingerprint density at radius 3 is 2.85 bits per heavy atom. The number of nitrogens with zero attached hydrogens (tertiary/aromatic N) is 1. The molecule has 0 saturated carbocycles. The number of amidine groups is 1. The van der Waals surface area contributed by atoms with Gasteiger partial charge in [0.05, 0.1) is 6.10 Å². The van der Waals surface area contributed by atoms with Gasteiger partial charge in [-0.25, -0.2) is 0 Å². The van der Waals surface area contributed by atoms with E-state index in [0.29, 0.717) is 18.7 Å². The Balaban J connectivity index is 1.95. The minimum Gasteiger partial charge on any atom is -0.409 e. The van der Waals surface area contributed by atoms with Crippen molar-refractivity contribution >= 4 is 17.2 Å². The van der Waals surface area contributed by atoms with Crippen molar-refractivity contribution in [1.82, 2.24) is 5.32 Å². The smallest absolute Gasteiger partial charge is 0.170 e. The quantitative estimate of drug-likeness (QED) is 0.282. The second kappa shape index (κ2) is 7.04. The van der Waals surface area contributed by atoms with Crippen LogP contribution in [0.25, 0.3) is 0 Å². The Labute approximate surface area is 121 Å². The first-order chi connectivity index (χ1) is 9.72. The number of nitrogens with one attached hydrogen (secondary N) is 1. The molecule has 0 spiro atoms. The van der Waals surface area contributed by atoms with Crippen LogP contribution in [0, 0.1) is 0 Å². The predicted octanol–water partition coefficient (Wildman–Crippen LogP) is 1.67. The molecule has 0 radical (unpaired) electrons. The molecular formula is C14H17N3O2S. The van der Waals surface area contributed by atoms with E-state index in [1.165, 1.54) is 0 Å². The Hall–Kier alpha value is -1.89. The zero-order valence-electron chi connectivity index (χ0n) is 10.9. The van der Waals surface area contributed by atoms with E-state index in [9.17, 15) is 5.11 Å². The van der Waals surface area contributed by atoms with E-state index in [1.807, 2.05) is 35.0 Å². The molecule has 1 aromatic heterocycles. The van der Waals surface area contributed by atoms with Gasteiger partial charge >= 0.3 is 0 Å². The molecule has 0 amide bonds. The van der Waals surface area contributed by atoms with Gasteiger partial charge in [-0.15, -0.1) is 0 Å². The molecule has 5 nitrogen and oxygen atoms in total. The lowest BCUT2D eigenvalue weighted by atomic mass is 10.1. The van der Waals surface area contributed by atoms with Crippen LogP contribution >= 0.6 is 11.3 Å². The molecule has 1 atom stereocenters. The van der Waals surface area contributed by atoms with Crippen LogP contribution in [0.15, 0.2) is 46.2 Å². The molecule has 20 heavy (non-hydrogen) atoms. The van der Waals surface area contributed by atoms with Crippen LogP contribution in [0.1, 0.15) is 22.8 Å². The first-order valence-electron chi connectivity index (χ1n) is 6.19. The highest BCUT2D eigenvalue weighted by Gasteiger charge is 2.09. The highest BCUT2D eigenvalue weighted by atomic mass is 32.1. The van der Waals surface area contributed by atoms with Crippen LogP contribution < -0.4 is 11.1 Å². The van der Waals surface area contributed by atoms with Gasteiger partial charge in [0.25, 0.3) is 0 Å². The van der Waals surface area contributed by atoms with Crippen molar-refractivity contribution in [3.8, 4) is 0 Å². The van der Waals surface area contributed by atoms with Gasteiger partial charge in [-0.1, -0.05) is 29.4 Å². The van der Waals surface area contributed by atoms with E-state index in [2.05, 4.69) is 10.5 Å². The van der Waals surface area contributed by atoms with Crippen molar-refractivity contribution in [3.63, 3.8) is 0 Å². The summed E-state index contributed by atoms with van der Waals surface area (Å²) in [4.78, 5) is 0. The van der Waals surface area contributed by atoms with E-state index >= 15 is 0 Å². The summed E-state index contributed by atoms with van der Waals surface area (Å²) in [5.41, 5.74) is 8.14. The SMILES string of the molecule is N/C(=N/O)c1ccccc1CNCC(O)c1ccsc1. The first-order valence-corrected chi connectivity index (χ1v) is 7.13. The Bertz CT molecular complexity index is 570. The molecule has 0 aliphatic rings. The van der Waals surface area contributed by atoms with Crippen molar-refractivity contribution in [2.45, 2.75) is 12.6 Å². The maximum atomic E-state index is 9.97. The van der Waals surface area contributed by atoms with Crippen molar-refractivity contribution < 1.29 is 10.3 Å². The van der Waals surface area contributed by atoms with Crippen molar-refractivity contribution in [3.05, 3.63) is 57.8 Å². The van der Waals surface area contributed by atoms with Gasteiger partial charge in [-0.05, 0) is 28.0 Å². The highest BCUT2D eigenvalue weighted by Crippen LogP contribution is 2.15. The lowest BCUT2D eigenvalue weighted by Crippen LogP contribution is -2.23. The van der Waals surface area contributed by atoms with Gasteiger partial charge in [-0.2, -0.15) is 11.3 Å². The fraction of sp³-hybridized carbons (Fsp3) is 0.214. The number of hydrogen-bond acceptors (Lipinski definition) is 5. The highest BCUT2D eigenvalue weighted by molar-refractivity contribution is 7.07. The van der Waals surface area contributed by atoms with Crippen LogP contribution in [-0.2, 0) is 6.54 Å². The van der Waals surface area contributed by atoms with E-state index < -0.39 is 6.10 Å². The third-order valence-electron chi connectivity index (χ3n) is 2.98. The normalized spacial score (nSPS) is 13.3. The van der Waals surface area contributed by atoms with Gasteiger partial charge in [-0.3, -0.25) is 0 Å². The summed E-state index contributed by atoms with van der Waals surface area (Å²) in [5.74, 6) is 0.0841. The number of nitrogens with two attached hydrogens (primary N) is 1. The molecule has 1 unspecified atom stereocenters. The van der Waals surface area contributed by atoms with E-state index in [0.717, 1.165) is 11.1 Å². The summed E-state index contributed by atoms with van der Waals surface area (Å²) in [6.45, 7) is 0.981. The van der Waals surface area contributed by atoms with Gasteiger partial charge in [0.1, 0.15) is 0 Å². The maximum absolute atomic E-state index is 9.97. The zero-order valence-corrected chi connectivity index (χ0v) is 11.7. The molecule has 0 aliphatic carbocycles. The largest absolute Gasteiger partial charge is 0.409 e. The lowest BCUT2D eigenvalue weighted by molar-refractivity contribution is 0.175. The predicted molar refractivity (Wildman–Crippen MR) is 79.9 cm³/mol. The molecule has 2 rings (SSSR count). The fourth-order valence-corrected chi connectivity index (χ4v) is 2.61. The summed E-state index contributed by atoms with van der Waals surface area (Å²) in [5, 5.41) is 28.8. The lowest BCUT2D eigenvalue weighted by Gasteiger charge is -2.12. The van der Waals surface area contributed by atoms with Gasteiger partial charge in [0.15, 0.2) is 5.84 Å². The average molecular weight is 291 g/mol. The molecule has 0 aliphatic heterocycles. The van der Waals surface area contributed by atoms with E-state index in [-0.39, 0.29) is 5.84 Å². The number of rotatable bonds is 6. The molecule has 6 heteroatoms. The number of hydrogen-bond donors (Lipinski definition) is 4. The topological polar surface area (TPSA) is 90.9 Å².